The minimum absolute atomic E-state index is 0.0143. The zero-order valence-corrected chi connectivity index (χ0v) is 17.4. The predicted molar refractivity (Wildman–Crippen MR) is 115 cm³/mol. The average molecular weight is 386 g/mol. The number of benzene rings is 1. The number of imide groups is 1. The van der Waals surface area contributed by atoms with E-state index in [4.69, 9.17) is 0 Å². The smallest absolute Gasteiger partial charge is 0.271 e. The van der Waals surface area contributed by atoms with Crippen molar-refractivity contribution in [1.29, 1.82) is 5.26 Å². The minimum atomic E-state index is -0.575. The van der Waals surface area contributed by atoms with E-state index in [0.717, 1.165) is 21.6 Å². The number of hydrogen-bond acceptors (Lipinski definition) is 4. The van der Waals surface area contributed by atoms with Gasteiger partial charge in [-0.25, -0.2) is 0 Å². The molecule has 0 aliphatic carbocycles. The van der Waals surface area contributed by atoms with Gasteiger partial charge in [0.2, 0.25) is 7.28 Å². The van der Waals surface area contributed by atoms with Crippen molar-refractivity contribution in [1.82, 2.24) is 4.90 Å². The summed E-state index contributed by atoms with van der Waals surface area (Å²) >= 11 is 0. The molecule has 1 aromatic carbocycles. The summed E-state index contributed by atoms with van der Waals surface area (Å²) in [6, 6.07) is 9.35. The van der Waals surface area contributed by atoms with Gasteiger partial charge in [-0.3, -0.25) is 14.5 Å². The van der Waals surface area contributed by atoms with Gasteiger partial charge in [-0.2, -0.15) is 5.26 Å². The van der Waals surface area contributed by atoms with E-state index in [1.807, 2.05) is 63.2 Å². The van der Waals surface area contributed by atoms with E-state index in [1.165, 1.54) is 7.05 Å². The molecular weight excluding hydrogens is 363 g/mol. The Kier molecular flexibility index (Phi) is 6.90. The average Bonchev–Trinajstić information content (AvgIpc) is 2.73. The van der Waals surface area contributed by atoms with Crippen molar-refractivity contribution in [3.8, 4) is 6.07 Å². The number of likely N-dealkylation sites (N-methyl/N-ethyl adjacent to an activating group) is 1. The molecule has 1 aliphatic rings. The van der Waals surface area contributed by atoms with Crippen LogP contribution < -0.4 is 0 Å². The molecule has 0 N–H and O–H groups in total. The number of rotatable bonds is 5. The van der Waals surface area contributed by atoms with Crippen LogP contribution in [0.15, 0.2) is 64.8 Å². The summed E-state index contributed by atoms with van der Waals surface area (Å²) in [6.45, 7) is 7.26. The number of hydrogen-bond donors (Lipinski definition) is 0. The highest BCUT2D eigenvalue weighted by Crippen LogP contribution is 2.25. The standard InChI is InChI=1S/C23H23BN2O3/c1-14(12-19-16(3)20(13-25)23(29)26(5)22(19)28)6-7-15(2)17-8-10-18(11-9-17)21(27)24-4/h6-12,24H,1-5H3/b14-6+,15-7+,19-12+. The number of nitriles is 1. The first-order valence-electron chi connectivity index (χ1n) is 9.35. The van der Waals surface area contributed by atoms with Crippen molar-refractivity contribution in [3.05, 3.63) is 75.9 Å². The Morgan fingerprint density at radius 2 is 1.66 bits per heavy atom. The van der Waals surface area contributed by atoms with Gasteiger partial charge in [0.1, 0.15) is 17.3 Å². The normalized spacial score (nSPS) is 17.0. The molecule has 0 saturated heterocycles. The third kappa shape index (κ3) is 4.70. The van der Waals surface area contributed by atoms with Crippen LogP contribution in [0, 0.1) is 11.3 Å². The van der Waals surface area contributed by atoms with Crippen molar-refractivity contribution in [2.75, 3.05) is 7.05 Å². The number of allylic oxidation sites excluding steroid dienone is 5. The molecule has 0 unspecified atom stereocenters. The molecule has 0 spiro atoms. The van der Waals surface area contributed by atoms with Crippen LogP contribution in [0.5, 0.6) is 0 Å². The summed E-state index contributed by atoms with van der Waals surface area (Å²) in [5.74, 6) is -0.995. The second-order valence-electron chi connectivity index (χ2n) is 6.95. The van der Waals surface area contributed by atoms with Crippen LogP contribution in [0.2, 0.25) is 6.82 Å². The van der Waals surface area contributed by atoms with E-state index < -0.39 is 11.8 Å². The Bertz CT molecular complexity index is 1030. The van der Waals surface area contributed by atoms with Crippen LogP contribution in [0.4, 0.5) is 0 Å². The summed E-state index contributed by atoms with van der Waals surface area (Å²) in [4.78, 5) is 37.2. The van der Waals surface area contributed by atoms with Crippen LogP contribution in [0.1, 0.15) is 36.7 Å². The molecular formula is C23H23BN2O3. The number of amides is 2. The highest BCUT2D eigenvalue weighted by atomic mass is 16.2. The van der Waals surface area contributed by atoms with Gasteiger partial charge in [0.15, 0.2) is 0 Å². The van der Waals surface area contributed by atoms with E-state index in [-0.39, 0.29) is 11.3 Å². The lowest BCUT2D eigenvalue weighted by molar-refractivity contribution is -0.138. The van der Waals surface area contributed by atoms with Crippen molar-refractivity contribution in [2.45, 2.75) is 27.6 Å². The fourth-order valence-electron chi connectivity index (χ4n) is 2.95. The maximum atomic E-state index is 12.4. The topological polar surface area (TPSA) is 78.2 Å². The van der Waals surface area contributed by atoms with Gasteiger partial charge in [-0.05, 0) is 43.6 Å². The summed E-state index contributed by atoms with van der Waals surface area (Å²) in [7, 11) is 1.85. The molecule has 6 heteroatoms. The SMILES string of the molecule is CBC(=O)c1ccc(/C(C)=C/C=C(C)/C=C2/C(=O)N(C)C(=O)C(C#N)=C2C)cc1. The first kappa shape index (κ1) is 21.8. The molecule has 0 aromatic heterocycles. The summed E-state index contributed by atoms with van der Waals surface area (Å²) in [5.41, 5.74) is 4.34. The first-order valence-corrected chi connectivity index (χ1v) is 9.35. The van der Waals surface area contributed by atoms with Crippen molar-refractivity contribution >= 4 is 30.3 Å². The summed E-state index contributed by atoms with van der Waals surface area (Å²) in [6.07, 6.45) is 5.48. The molecule has 2 rings (SSSR count). The molecule has 29 heavy (non-hydrogen) atoms. The lowest BCUT2D eigenvalue weighted by atomic mass is 9.73. The van der Waals surface area contributed by atoms with E-state index >= 15 is 0 Å². The molecule has 0 saturated carbocycles. The molecule has 0 fully saturated rings. The summed E-state index contributed by atoms with van der Waals surface area (Å²) < 4.78 is 0. The van der Waals surface area contributed by atoms with Gasteiger partial charge in [0.25, 0.3) is 11.8 Å². The largest absolute Gasteiger partial charge is 0.306 e. The second kappa shape index (κ2) is 9.16. The van der Waals surface area contributed by atoms with Gasteiger partial charge in [0.05, 0.1) is 0 Å². The zero-order chi connectivity index (χ0) is 21.7. The van der Waals surface area contributed by atoms with E-state index in [9.17, 15) is 19.6 Å². The number of carbonyl (C=O) groups is 3. The Balaban J connectivity index is 2.32. The van der Waals surface area contributed by atoms with Gasteiger partial charge in [-0.15, -0.1) is 0 Å². The molecule has 1 heterocycles. The maximum Gasteiger partial charge on any atom is 0.271 e. The lowest BCUT2D eigenvalue weighted by Gasteiger charge is -2.23. The first-order chi connectivity index (χ1) is 13.7. The fraction of sp³-hybridized carbons (Fsp3) is 0.217. The van der Waals surface area contributed by atoms with Crippen LogP contribution in [-0.2, 0) is 9.59 Å². The Labute approximate surface area is 171 Å². The van der Waals surface area contributed by atoms with Gasteiger partial charge in [-0.1, -0.05) is 48.8 Å². The van der Waals surface area contributed by atoms with E-state index in [0.29, 0.717) is 24.0 Å². The minimum Gasteiger partial charge on any atom is -0.306 e. The Hall–Kier alpha value is -3.46. The molecule has 2 amide bonds. The van der Waals surface area contributed by atoms with Crippen molar-refractivity contribution < 1.29 is 14.4 Å². The second-order valence-corrected chi connectivity index (χ2v) is 6.95. The Morgan fingerprint density at radius 1 is 1.07 bits per heavy atom. The molecule has 5 nitrogen and oxygen atoms in total. The highest BCUT2D eigenvalue weighted by molar-refractivity contribution is 6.76. The molecule has 0 bridgehead atoms. The van der Waals surface area contributed by atoms with Crippen LogP contribution in [0.3, 0.4) is 0 Å². The van der Waals surface area contributed by atoms with E-state index in [2.05, 4.69) is 0 Å². The van der Waals surface area contributed by atoms with Crippen LogP contribution >= 0.6 is 0 Å². The fourth-order valence-corrected chi connectivity index (χ4v) is 2.95. The maximum absolute atomic E-state index is 12.4. The molecule has 0 radical (unpaired) electrons. The van der Waals surface area contributed by atoms with E-state index in [1.54, 1.807) is 13.0 Å². The molecule has 146 valence electrons. The highest BCUT2D eigenvalue weighted by Gasteiger charge is 2.32. The Morgan fingerprint density at radius 3 is 2.21 bits per heavy atom. The van der Waals surface area contributed by atoms with Crippen molar-refractivity contribution in [3.63, 3.8) is 0 Å². The lowest BCUT2D eigenvalue weighted by Crippen LogP contribution is -2.39. The molecule has 0 atom stereocenters. The number of nitrogens with zero attached hydrogens (tertiary/aromatic N) is 2. The summed E-state index contributed by atoms with van der Waals surface area (Å²) in [5, 5.41) is 9.22. The van der Waals surface area contributed by atoms with Crippen LogP contribution in [0.25, 0.3) is 5.57 Å². The van der Waals surface area contributed by atoms with Gasteiger partial charge in [0, 0.05) is 18.2 Å². The quantitative estimate of drug-likeness (QED) is 0.336. The molecule has 1 aliphatic heterocycles. The third-order valence-electron chi connectivity index (χ3n) is 4.90. The predicted octanol–water partition coefficient (Wildman–Crippen LogP) is 3.43. The zero-order valence-electron chi connectivity index (χ0n) is 17.4. The van der Waals surface area contributed by atoms with Crippen molar-refractivity contribution in [2.24, 2.45) is 0 Å². The van der Waals surface area contributed by atoms with Gasteiger partial charge >= 0.3 is 0 Å². The van der Waals surface area contributed by atoms with Gasteiger partial charge < -0.3 is 4.79 Å². The third-order valence-corrected chi connectivity index (χ3v) is 4.90. The molecule has 1 aromatic rings. The van der Waals surface area contributed by atoms with Crippen LogP contribution in [-0.4, -0.2) is 36.7 Å². The number of carbonyl (C=O) groups excluding carboxylic acids is 3. The monoisotopic (exact) mass is 386 g/mol.